The number of allylic oxidation sites excluding steroid dienone is 1. The van der Waals surface area contributed by atoms with Crippen LogP contribution in [0.15, 0.2) is 12.7 Å². The molecule has 0 saturated heterocycles. The van der Waals surface area contributed by atoms with E-state index in [9.17, 15) is 0 Å². The van der Waals surface area contributed by atoms with Gasteiger partial charge in [0.25, 0.3) is 0 Å². The van der Waals surface area contributed by atoms with Gasteiger partial charge in [0.05, 0.1) is 0 Å². The van der Waals surface area contributed by atoms with Crippen molar-refractivity contribution in [3.05, 3.63) is 12.7 Å². The van der Waals surface area contributed by atoms with Gasteiger partial charge in [0.2, 0.25) is 0 Å². The molecule has 0 aromatic carbocycles. The van der Waals surface area contributed by atoms with E-state index in [0.717, 1.165) is 6.42 Å². The zero-order valence-electron chi connectivity index (χ0n) is 8.70. The molecule has 0 heteroatoms. The molecule has 0 aromatic rings. The predicted molar refractivity (Wildman–Crippen MR) is 52.7 cm³/mol. The van der Waals surface area contributed by atoms with E-state index in [-0.39, 0.29) is 0 Å². The van der Waals surface area contributed by atoms with Crippen molar-refractivity contribution < 1.29 is 0 Å². The largest absolute Gasteiger partial charge is 0.103 e. The van der Waals surface area contributed by atoms with Gasteiger partial charge >= 0.3 is 0 Å². The summed E-state index contributed by atoms with van der Waals surface area (Å²) < 4.78 is 0. The van der Waals surface area contributed by atoms with Gasteiger partial charge in [-0.25, -0.2) is 0 Å². The maximum Gasteiger partial charge on any atom is -0.0245 e. The minimum atomic E-state index is 0.385. The maximum atomic E-state index is 3.81. The first-order chi connectivity index (χ1) is 4.87. The topological polar surface area (TPSA) is 0 Å². The number of rotatable bonds is 3. The summed E-state index contributed by atoms with van der Waals surface area (Å²) in [5.41, 5.74) is 0.796. The minimum Gasteiger partial charge on any atom is -0.103 e. The lowest BCUT2D eigenvalue weighted by molar-refractivity contribution is 0.106. The Bertz CT molecular complexity index is 127. The quantitative estimate of drug-likeness (QED) is 0.538. The molecule has 0 aliphatic heterocycles. The van der Waals surface area contributed by atoms with Crippen molar-refractivity contribution >= 4 is 0 Å². The standard InChI is InChI=1S/C11H22/c1-7-9-11(6,8-2)10(3,4)5/h7H,1,8-9H2,2-6H3. The van der Waals surface area contributed by atoms with E-state index in [1.54, 1.807) is 0 Å². The van der Waals surface area contributed by atoms with Crippen molar-refractivity contribution in [3.63, 3.8) is 0 Å². The molecule has 0 saturated carbocycles. The second-order valence-corrected chi connectivity index (χ2v) is 4.66. The van der Waals surface area contributed by atoms with Crippen molar-refractivity contribution in [3.8, 4) is 0 Å². The smallest absolute Gasteiger partial charge is 0.0245 e. The molecule has 1 atom stereocenters. The van der Waals surface area contributed by atoms with E-state index in [4.69, 9.17) is 0 Å². The van der Waals surface area contributed by atoms with Crippen molar-refractivity contribution in [1.82, 2.24) is 0 Å². The fraction of sp³-hybridized carbons (Fsp3) is 0.818. The molecule has 0 aliphatic rings. The van der Waals surface area contributed by atoms with E-state index >= 15 is 0 Å². The van der Waals surface area contributed by atoms with Crippen LogP contribution in [0.25, 0.3) is 0 Å². The molecule has 0 aliphatic carbocycles. The first-order valence-electron chi connectivity index (χ1n) is 4.48. The highest BCUT2D eigenvalue weighted by Crippen LogP contribution is 2.43. The molecule has 0 rings (SSSR count). The van der Waals surface area contributed by atoms with Crippen LogP contribution in [0.1, 0.15) is 47.5 Å². The molecule has 11 heavy (non-hydrogen) atoms. The van der Waals surface area contributed by atoms with E-state index in [1.165, 1.54) is 6.42 Å². The first-order valence-corrected chi connectivity index (χ1v) is 4.48. The molecule has 0 N–H and O–H groups in total. The molecule has 0 fully saturated rings. The summed E-state index contributed by atoms with van der Waals surface area (Å²) in [5.74, 6) is 0. The third-order valence-corrected chi connectivity index (χ3v) is 3.19. The lowest BCUT2D eigenvalue weighted by Gasteiger charge is -2.41. The predicted octanol–water partition coefficient (Wildman–Crippen LogP) is 4.02. The van der Waals surface area contributed by atoms with Crippen LogP contribution in [0.2, 0.25) is 0 Å². The SMILES string of the molecule is C=CCC(C)(CC)C(C)(C)C. The van der Waals surface area contributed by atoms with Crippen LogP contribution >= 0.6 is 0 Å². The summed E-state index contributed by atoms with van der Waals surface area (Å²) in [6, 6.07) is 0. The van der Waals surface area contributed by atoms with E-state index < -0.39 is 0 Å². The van der Waals surface area contributed by atoms with E-state index in [2.05, 4.69) is 41.2 Å². The summed E-state index contributed by atoms with van der Waals surface area (Å²) in [5, 5.41) is 0. The number of hydrogen-bond donors (Lipinski definition) is 0. The molecule has 0 amide bonds. The van der Waals surface area contributed by atoms with Gasteiger partial charge in [0.15, 0.2) is 0 Å². The van der Waals surface area contributed by atoms with Crippen LogP contribution in [0.5, 0.6) is 0 Å². The Morgan fingerprint density at radius 3 is 1.73 bits per heavy atom. The Labute approximate surface area is 71.7 Å². The molecule has 0 nitrogen and oxygen atoms in total. The molecule has 0 aromatic heterocycles. The van der Waals surface area contributed by atoms with Gasteiger partial charge in [-0.05, 0) is 23.7 Å². The Balaban J connectivity index is 4.45. The monoisotopic (exact) mass is 154 g/mol. The molecule has 1 unspecified atom stereocenters. The Kier molecular flexibility index (Phi) is 3.34. The van der Waals surface area contributed by atoms with Crippen molar-refractivity contribution in [2.24, 2.45) is 10.8 Å². The normalized spacial score (nSPS) is 17.5. The van der Waals surface area contributed by atoms with Crippen molar-refractivity contribution in [1.29, 1.82) is 0 Å². The van der Waals surface area contributed by atoms with Gasteiger partial charge in [-0.2, -0.15) is 0 Å². The average molecular weight is 154 g/mol. The second kappa shape index (κ2) is 3.42. The molecule has 0 spiro atoms. The molecular weight excluding hydrogens is 132 g/mol. The van der Waals surface area contributed by atoms with Crippen LogP contribution < -0.4 is 0 Å². The highest BCUT2D eigenvalue weighted by atomic mass is 14.4. The molecular formula is C11H22. The Morgan fingerprint density at radius 2 is 1.64 bits per heavy atom. The highest BCUT2D eigenvalue weighted by Gasteiger charge is 2.34. The van der Waals surface area contributed by atoms with Crippen LogP contribution in [-0.2, 0) is 0 Å². The van der Waals surface area contributed by atoms with Crippen LogP contribution in [0, 0.1) is 10.8 Å². The highest BCUT2D eigenvalue weighted by molar-refractivity contribution is 4.90. The maximum absolute atomic E-state index is 3.81. The lowest BCUT2D eigenvalue weighted by Crippen LogP contribution is -2.31. The first kappa shape index (κ1) is 10.7. The van der Waals surface area contributed by atoms with Crippen molar-refractivity contribution in [2.75, 3.05) is 0 Å². The lowest BCUT2D eigenvalue weighted by atomic mass is 9.64. The Hall–Kier alpha value is -0.260. The third-order valence-electron chi connectivity index (χ3n) is 3.19. The summed E-state index contributed by atoms with van der Waals surface area (Å²) in [6.07, 6.45) is 4.38. The average Bonchev–Trinajstić information content (AvgIpc) is 1.86. The second-order valence-electron chi connectivity index (χ2n) is 4.66. The van der Waals surface area contributed by atoms with Gasteiger partial charge in [-0.15, -0.1) is 6.58 Å². The molecule has 0 heterocycles. The molecule has 0 bridgehead atoms. The molecule has 66 valence electrons. The van der Waals surface area contributed by atoms with E-state index in [0.29, 0.717) is 10.8 Å². The van der Waals surface area contributed by atoms with Crippen molar-refractivity contribution in [2.45, 2.75) is 47.5 Å². The summed E-state index contributed by atoms with van der Waals surface area (Å²) in [6.45, 7) is 15.3. The van der Waals surface area contributed by atoms with Gasteiger partial charge in [-0.3, -0.25) is 0 Å². The van der Waals surface area contributed by atoms with Gasteiger partial charge in [0.1, 0.15) is 0 Å². The van der Waals surface area contributed by atoms with Crippen LogP contribution in [0.4, 0.5) is 0 Å². The van der Waals surface area contributed by atoms with E-state index in [1.807, 2.05) is 6.08 Å². The summed E-state index contributed by atoms with van der Waals surface area (Å²) in [4.78, 5) is 0. The van der Waals surface area contributed by atoms with Gasteiger partial charge in [-0.1, -0.05) is 40.7 Å². The van der Waals surface area contributed by atoms with Crippen LogP contribution in [0.3, 0.4) is 0 Å². The van der Waals surface area contributed by atoms with Crippen LogP contribution in [-0.4, -0.2) is 0 Å². The summed E-state index contributed by atoms with van der Waals surface area (Å²) in [7, 11) is 0. The van der Waals surface area contributed by atoms with Gasteiger partial charge < -0.3 is 0 Å². The zero-order chi connectivity index (χ0) is 9.12. The molecule has 0 radical (unpaired) electrons. The zero-order valence-corrected chi connectivity index (χ0v) is 8.70. The summed E-state index contributed by atoms with van der Waals surface area (Å²) >= 11 is 0. The third kappa shape index (κ3) is 2.36. The Morgan fingerprint density at radius 1 is 1.18 bits per heavy atom. The fourth-order valence-corrected chi connectivity index (χ4v) is 1.30. The number of hydrogen-bond acceptors (Lipinski definition) is 0. The fourth-order valence-electron chi connectivity index (χ4n) is 1.30. The van der Waals surface area contributed by atoms with Gasteiger partial charge in [0, 0.05) is 0 Å². The minimum absolute atomic E-state index is 0.385.